The number of hydrogen-bond donors (Lipinski definition) is 2. The van der Waals surface area contributed by atoms with Crippen molar-refractivity contribution in [1.82, 2.24) is 5.32 Å². The Morgan fingerprint density at radius 3 is 3.00 bits per heavy atom. The summed E-state index contributed by atoms with van der Waals surface area (Å²) in [6, 6.07) is 0. The van der Waals surface area contributed by atoms with E-state index in [2.05, 4.69) is 15.3 Å². The van der Waals surface area contributed by atoms with Crippen molar-refractivity contribution in [3.8, 4) is 0 Å². The van der Waals surface area contributed by atoms with Gasteiger partial charge in [-0.2, -0.15) is 4.99 Å². The number of carbonyl (C=O) groups excluding carboxylic acids is 2. The number of aliphatic imine (C=N–C) groups is 2. The lowest BCUT2D eigenvalue weighted by molar-refractivity contribution is -0.119. The Morgan fingerprint density at radius 2 is 2.18 bits per heavy atom. The fourth-order valence-electron chi connectivity index (χ4n) is 2.72. The van der Waals surface area contributed by atoms with Gasteiger partial charge in [-0.25, -0.2) is 4.99 Å². The zero-order valence-corrected chi connectivity index (χ0v) is 13.6. The van der Waals surface area contributed by atoms with Crippen LogP contribution < -0.4 is 5.32 Å². The second-order valence-corrected chi connectivity index (χ2v) is 7.29. The van der Waals surface area contributed by atoms with Crippen molar-refractivity contribution in [1.29, 1.82) is 0 Å². The van der Waals surface area contributed by atoms with E-state index in [-0.39, 0.29) is 36.6 Å². The lowest BCUT2D eigenvalue weighted by Gasteiger charge is -2.18. The average Bonchev–Trinajstić information content (AvgIpc) is 2.89. The number of aliphatic hydroxyl groups excluding tert-OH is 1. The van der Waals surface area contributed by atoms with Crippen molar-refractivity contribution in [2.75, 3.05) is 18.9 Å². The molecule has 0 bridgehead atoms. The van der Waals surface area contributed by atoms with Crippen LogP contribution in [-0.2, 0) is 9.59 Å². The maximum absolute atomic E-state index is 12.3. The first-order valence-corrected chi connectivity index (χ1v) is 9.10. The molecule has 3 aliphatic rings. The quantitative estimate of drug-likeness (QED) is 0.806. The highest BCUT2D eigenvalue weighted by Gasteiger charge is 2.40. The van der Waals surface area contributed by atoms with E-state index in [1.807, 2.05) is 0 Å². The number of amides is 2. The Balaban J connectivity index is 1.63. The number of nitrogens with zero attached hydrogens (tertiary/aromatic N) is 2. The minimum absolute atomic E-state index is 0.0896. The smallest absolute Gasteiger partial charge is 0.262 e. The predicted octanol–water partition coefficient (Wildman–Crippen LogP) is 1.31. The molecule has 2 heterocycles. The molecule has 2 amide bonds. The number of nitrogens with one attached hydrogen (secondary N) is 1. The lowest BCUT2D eigenvalue weighted by atomic mass is 9.89. The molecule has 0 aromatic carbocycles. The summed E-state index contributed by atoms with van der Waals surface area (Å²) in [4.78, 5) is 33.6. The number of rotatable bonds is 4. The summed E-state index contributed by atoms with van der Waals surface area (Å²) < 4.78 is 0. The summed E-state index contributed by atoms with van der Waals surface area (Å²) in [6.45, 7) is 0.140. The summed E-state index contributed by atoms with van der Waals surface area (Å²) in [5.41, 5.74) is 1.22. The molecule has 0 saturated carbocycles. The van der Waals surface area contributed by atoms with Gasteiger partial charge in [-0.15, -0.1) is 0 Å². The number of carbonyl (C=O) groups is 2. The van der Waals surface area contributed by atoms with Crippen LogP contribution in [0.1, 0.15) is 25.7 Å². The molecule has 1 aliphatic carbocycles. The Labute approximate surface area is 136 Å². The number of allylic oxidation sites excluding steroid dienone is 1. The normalized spacial score (nSPS) is 23.7. The fraction of sp³-hybridized carbons (Fsp3) is 0.571. The van der Waals surface area contributed by atoms with Crippen LogP contribution in [0, 0.1) is 5.92 Å². The molecule has 118 valence electrons. The molecular formula is C14H17N3O3S2. The van der Waals surface area contributed by atoms with Crippen LogP contribution in [-0.4, -0.2) is 46.0 Å². The molecule has 0 radical (unpaired) electrons. The van der Waals surface area contributed by atoms with Gasteiger partial charge in [0.05, 0.1) is 17.4 Å². The van der Waals surface area contributed by atoms with Gasteiger partial charge in [0.15, 0.2) is 5.17 Å². The third kappa shape index (κ3) is 3.28. The van der Waals surface area contributed by atoms with Gasteiger partial charge in [0.25, 0.3) is 5.91 Å². The number of amidine groups is 1. The molecule has 0 spiro atoms. The van der Waals surface area contributed by atoms with Crippen molar-refractivity contribution < 1.29 is 14.7 Å². The summed E-state index contributed by atoms with van der Waals surface area (Å²) in [5, 5.41) is 12.4. The average molecular weight is 339 g/mol. The molecule has 1 atom stereocenters. The van der Waals surface area contributed by atoms with E-state index in [0.29, 0.717) is 5.17 Å². The summed E-state index contributed by atoms with van der Waals surface area (Å²) >= 11 is 2.77. The summed E-state index contributed by atoms with van der Waals surface area (Å²) in [6.07, 6.45) is 4.31. The molecule has 22 heavy (non-hydrogen) atoms. The van der Waals surface area contributed by atoms with Crippen LogP contribution in [0.25, 0.3) is 0 Å². The third-order valence-electron chi connectivity index (χ3n) is 3.71. The lowest BCUT2D eigenvalue weighted by Crippen LogP contribution is -2.29. The van der Waals surface area contributed by atoms with Crippen molar-refractivity contribution in [2.24, 2.45) is 15.9 Å². The van der Waals surface area contributed by atoms with Gasteiger partial charge < -0.3 is 10.4 Å². The molecule has 2 aliphatic heterocycles. The molecular weight excluding hydrogens is 322 g/mol. The first-order valence-electron chi connectivity index (χ1n) is 7.30. The SMILES string of the molecule is O=C(CSC1=NC(=O)C2C(=N1)SC1=C2CCCC1)NCCO. The van der Waals surface area contributed by atoms with Crippen molar-refractivity contribution in [3.05, 3.63) is 10.5 Å². The van der Waals surface area contributed by atoms with Gasteiger partial charge in [0.2, 0.25) is 5.91 Å². The third-order valence-corrected chi connectivity index (χ3v) is 5.80. The van der Waals surface area contributed by atoms with Gasteiger partial charge in [-0.3, -0.25) is 9.59 Å². The van der Waals surface area contributed by atoms with Gasteiger partial charge in [-0.1, -0.05) is 23.5 Å². The van der Waals surface area contributed by atoms with E-state index >= 15 is 0 Å². The van der Waals surface area contributed by atoms with E-state index < -0.39 is 0 Å². The molecule has 6 nitrogen and oxygen atoms in total. The molecule has 0 saturated heterocycles. The molecule has 3 rings (SSSR count). The fourth-order valence-corrected chi connectivity index (χ4v) is 4.80. The highest BCUT2D eigenvalue weighted by Crippen LogP contribution is 2.47. The van der Waals surface area contributed by atoms with Crippen molar-refractivity contribution >= 4 is 45.5 Å². The first kappa shape index (κ1) is 15.8. The van der Waals surface area contributed by atoms with Crippen LogP contribution >= 0.6 is 23.5 Å². The Bertz CT molecular complexity index is 598. The van der Waals surface area contributed by atoms with Crippen LogP contribution in [0.4, 0.5) is 0 Å². The van der Waals surface area contributed by atoms with Crippen LogP contribution in [0.2, 0.25) is 0 Å². The first-order chi connectivity index (χ1) is 10.7. The topological polar surface area (TPSA) is 91.1 Å². The van der Waals surface area contributed by atoms with Crippen LogP contribution in [0.3, 0.4) is 0 Å². The predicted molar refractivity (Wildman–Crippen MR) is 89.0 cm³/mol. The van der Waals surface area contributed by atoms with Gasteiger partial charge >= 0.3 is 0 Å². The monoisotopic (exact) mass is 339 g/mol. The van der Waals surface area contributed by atoms with Crippen LogP contribution in [0.5, 0.6) is 0 Å². The number of hydrogen-bond acceptors (Lipinski definition) is 6. The van der Waals surface area contributed by atoms with Gasteiger partial charge in [0.1, 0.15) is 5.92 Å². The van der Waals surface area contributed by atoms with E-state index in [0.717, 1.165) is 36.1 Å². The van der Waals surface area contributed by atoms with E-state index in [4.69, 9.17) is 5.11 Å². The Hall–Kier alpha value is -1.12. The molecule has 2 N–H and O–H groups in total. The second kappa shape index (κ2) is 6.97. The minimum atomic E-state index is -0.257. The van der Waals surface area contributed by atoms with Crippen molar-refractivity contribution in [3.63, 3.8) is 0 Å². The number of aliphatic hydroxyl groups is 1. The van der Waals surface area contributed by atoms with Gasteiger partial charge in [0, 0.05) is 6.54 Å². The molecule has 1 unspecified atom stereocenters. The molecule has 8 heteroatoms. The molecule has 0 fully saturated rings. The van der Waals surface area contributed by atoms with E-state index in [1.165, 1.54) is 16.9 Å². The van der Waals surface area contributed by atoms with Crippen molar-refractivity contribution in [2.45, 2.75) is 25.7 Å². The molecule has 0 aromatic rings. The maximum atomic E-state index is 12.3. The van der Waals surface area contributed by atoms with Crippen LogP contribution in [0.15, 0.2) is 20.5 Å². The highest BCUT2D eigenvalue weighted by molar-refractivity contribution is 8.18. The Kier molecular flexibility index (Phi) is 5.00. The standard InChI is InChI=1S/C14H17N3O3S2/c18-6-5-15-10(19)7-21-14-16-12(20)11-8-3-1-2-4-9(8)22-13(11)17-14/h11,18H,1-7H2,(H,15,19). The maximum Gasteiger partial charge on any atom is 0.262 e. The Morgan fingerprint density at radius 1 is 1.36 bits per heavy atom. The summed E-state index contributed by atoms with van der Waals surface area (Å²) in [5.74, 6) is -0.464. The van der Waals surface area contributed by atoms with Gasteiger partial charge in [-0.05, 0) is 36.2 Å². The zero-order valence-electron chi connectivity index (χ0n) is 12.0. The number of fused-ring (bicyclic) bond motifs is 2. The largest absolute Gasteiger partial charge is 0.395 e. The van der Waals surface area contributed by atoms with E-state index in [1.54, 1.807) is 11.8 Å². The highest BCUT2D eigenvalue weighted by atomic mass is 32.2. The van der Waals surface area contributed by atoms with E-state index in [9.17, 15) is 9.59 Å². The summed E-state index contributed by atoms with van der Waals surface area (Å²) in [7, 11) is 0. The minimum Gasteiger partial charge on any atom is -0.395 e. The second-order valence-electron chi connectivity index (χ2n) is 5.24. The number of thioether (sulfide) groups is 2. The zero-order chi connectivity index (χ0) is 15.5. The molecule has 0 aromatic heterocycles.